The van der Waals surface area contributed by atoms with E-state index in [9.17, 15) is 19.8 Å². The molecule has 0 heterocycles. The fourth-order valence-electron chi connectivity index (χ4n) is 5.70. The number of hydrogen-bond donors (Lipinski definition) is 2. The number of carbonyl (C=O) groups is 2. The van der Waals surface area contributed by atoms with Gasteiger partial charge in [-0.2, -0.15) is 0 Å². The molecule has 0 saturated heterocycles. The van der Waals surface area contributed by atoms with Gasteiger partial charge in [0.25, 0.3) is 0 Å². The molecule has 3 aliphatic rings. The first-order valence-electron chi connectivity index (χ1n) is 7.23. The Morgan fingerprint density at radius 1 is 1.37 bits per heavy atom. The quantitative estimate of drug-likeness (QED) is 0.798. The van der Waals surface area contributed by atoms with Crippen LogP contribution >= 0.6 is 0 Å². The summed E-state index contributed by atoms with van der Waals surface area (Å²) in [6, 6.07) is 0. The largest absolute Gasteiger partial charge is 0.481 e. The number of aliphatic carboxylic acids is 1. The van der Waals surface area contributed by atoms with E-state index >= 15 is 0 Å². The van der Waals surface area contributed by atoms with Crippen LogP contribution in [0, 0.1) is 34.5 Å². The van der Waals surface area contributed by atoms with E-state index in [1.807, 2.05) is 6.92 Å². The zero-order valence-corrected chi connectivity index (χ0v) is 11.6. The molecule has 4 nitrogen and oxygen atoms in total. The van der Waals surface area contributed by atoms with Crippen LogP contribution in [0.3, 0.4) is 0 Å². The van der Waals surface area contributed by atoms with Crippen molar-refractivity contribution in [1.82, 2.24) is 0 Å². The van der Waals surface area contributed by atoms with Gasteiger partial charge in [-0.3, -0.25) is 9.59 Å². The van der Waals surface area contributed by atoms with Gasteiger partial charge in [-0.25, -0.2) is 0 Å². The third-order valence-corrected chi connectivity index (χ3v) is 6.57. The van der Waals surface area contributed by atoms with Crippen molar-refractivity contribution in [3.05, 3.63) is 0 Å². The summed E-state index contributed by atoms with van der Waals surface area (Å²) in [7, 11) is 0. The van der Waals surface area contributed by atoms with Gasteiger partial charge in [0.05, 0.1) is 5.92 Å². The zero-order chi connectivity index (χ0) is 14.0. The van der Waals surface area contributed by atoms with Gasteiger partial charge in [-0.05, 0) is 41.9 Å². The molecule has 0 radical (unpaired) electrons. The predicted octanol–water partition coefficient (Wildman–Crippen LogP) is 1.71. The number of ketones is 1. The Hall–Kier alpha value is -0.900. The van der Waals surface area contributed by atoms with E-state index in [4.69, 9.17) is 0 Å². The van der Waals surface area contributed by atoms with Crippen LogP contribution in [-0.2, 0) is 9.59 Å². The van der Waals surface area contributed by atoms with Crippen LogP contribution in [0.1, 0.15) is 39.5 Å². The smallest absolute Gasteiger partial charge is 0.307 e. The fraction of sp³-hybridized carbons (Fsp3) is 0.867. The summed E-state index contributed by atoms with van der Waals surface area (Å²) in [5, 5.41) is 19.3. The van der Waals surface area contributed by atoms with E-state index in [2.05, 4.69) is 6.92 Å². The average molecular weight is 266 g/mol. The van der Waals surface area contributed by atoms with Crippen molar-refractivity contribution in [1.29, 1.82) is 0 Å². The van der Waals surface area contributed by atoms with Gasteiger partial charge in [0.1, 0.15) is 5.78 Å². The lowest BCUT2D eigenvalue weighted by Crippen LogP contribution is -2.44. The maximum absolute atomic E-state index is 12.1. The second-order valence-corrected chi connectivity index (χ2v) is 7.17. The maximum Gasteiger partial charge on any atom is 0.307 e. The summed E-state index contributed by atoms with van der Waals surface area (Å²) < 4.78 is 0. The highest BCUT2D eigenvalue weighted by Crippen LogP contribution is 2.72. The molecule has 2 bridgehead atoms. The molecule has 0 spiro atoms. The van der Waals surface area contributed by atoms with Gasteiger partial charge in [0.2, 0.25) is 0 Å². The molecular weight excluding hydrogens is 244 g/mol. The lowest BCUT2D eigenvalue weighted by atomic mass is 9.59. The standard InChI is InChI=1S/C15H22O4/c1-8-12(17)5-11-9-3-4-10(13(18)19)15(8,11)6-14(9,2)7-16/h8-11,16H,3-7H2,1-2H3,(H,18,19)/t8-,9-,10+,11-,14+,15-/m1/s1. The molecule has 4 heteroatoms. The normalized spacial score (nSPS) is 52.3. The Bertz CT molecular complexity index is 445. The molecule has 0 aliphatic heterocycles. The Labute approximate surface area is 113 Å². The van der Waals surface area contributed by atoms with E-state index < -0.39 is 17.3 Å². The van der Waals surface area contributed by atoms with E-state index in [0.717, 1.165) is 6.42 Å². The van der Waals surface area contributed by atoms with Crippen molar-refractivity contribution >= 4 is 11.8 Å². The summed E-state index contributed by atoms with van der Waals surface area (Å²) in [6.07, 6.45) is 2.70. The third kappa shape index (κ3) is 1.38. The Balaban J connectivity index is 2.12. The van der Waals surface area contributed by atoms with Crippen molar-refractivity contribution in [2.45, 2.75) is 39.5 Å². The SMILES string of the molecule is C[C@@H]1C(=O)C[C@@H]2[C@H]3CC[C@@H](C(=O)O)[C@@]12C[C@@]3(C)CO. The third-order valence-electron chi connectivity index (χ3n) is 6.57. The van der Waals surface area contributed by atoms with Gasteiger partial charge in [0, 0.05) is 18.9 Å². The van der Waals surface area contributed by atoms with Crippen molar-refractivity contribution in [2.75, 3.05) is 6.61 Å². The van der Waals surface area contributed by atoms with E-state index in [0.29, 0.717) is 25.2 Å². The molecule has 19 heavy (non-hydrogen) atoms. The second kappa shape index (κ2) is 3.81. The summed E-state index contributed by atoms with van der Waals surface area (Å²) in [4.78, 5) is 23.8. The van der Waals surface area contributed by atoms with Gasteiger partial charge >= 0.3 is 5.97 Å². The summed E-state index contributed by atoms with van der Waals surface area (Å²) >= 11 is 0. The highest BCUT2D eigenvalue weighted by molar-refractivity contribution is 5.87. The lowest BCUT2D eigenvalue weighted by molar-refractivity contribution is -0.152. The van der Waals surface area contributed by atoms with Crippen molar-refractivity contribution < 1.29 is 19.8 Å². The number of carboxylic acid groups (broad SMARTS) is 1. The first kappa shape index (κ1) is 13.1. The van der Waals surface area contributed by atoms with E-state index in [-0.39, 0.29) is 29.6 Å². The molecule has 3 fully saturated rings. The number of carboxylic acids is 1. The molecule has 0 aromatic rings. The van der Waals surface area contributed by atoms with Gasteiger partial charge in [0.15, 0.2) is 0 Å². The molecular formula is C15H22O4. The van der Waals surface area contributed by atoms with Crippen LogP contribution < -0.4 is 0 Å². The Morgan fingerprint density at radius 3 is 2.63 bits per heavy atom. The van der Waals surface area contributed by atoms with Gasteiger partial charge in [-0.15, -0.1) is 0 Å². The maximum atomic E-state index is 12.1. The van der Waals surface area contributed by atoms with Crippen molar-refractivity contribution in [2.24, 2.45) is 34.5 Å². The number of aliphatic hydroxyl groups is 1. The van der Waals surface area contributed by atoms with E-state index in [1.165, 1.54) is 0 Å². The first-order chi connectivity index (χ1) is 8.86. The van der Waals surface area contributed by atoms with Crippen LogP contribution in [0.15, 0.2) is 0 Å². The molecule has 0 aromatic heterocycles. The molecule has 3 saturated carbocycles. The monoisotopic (exact) mass is 266 g/mol. The predicted molar refractivity (Wildman–Crippen MR) is 68.4 cm³/mol. The van der Waals surface area contributed by atoms with E-state index in [1.54, 1.807) is 0 Å². The molecule has 106 valence electrons. The molecule has 3 aliphatic carbocycles. The second-order valence-electron chi connectivity index (χ2n) is 7.17. The van der Waals surface area contributed by atoms with Crippen molar-refractivity contribution in [3.63, 3.8) is 0 Å². The molecule has 0 unspecified atom stereocenters. The van der Waals surface area contributed by atoms with Gasteiger partial charge in [-0.1, -0.05) is 13.8 Å². The zero-order valence-electron chi connectivity index (χ0n) is 11.6. The average Bonchev–Trinajstić information content (AvgIpc) is 2.68. The minimum Gasteiger partial charge on any atom is -0.481 e. The Morgan fingerprint density at radius 2 is 2.05 bits per heavy atom. The van der Waals surface area contributed by atoms with Crippen LogP contribution in [0.2, 0.25) is 0 Å². The summed E-state index contributed by atoms with van der Waals surface area (Å²) in [5.74, 6) is -0.641. The number of carbonyl (C=O) groups excluding carboxylic acids is 1. The van der Waals surface area contributed by atoms with Crippen LogP contribution in [0.25, 0.3) is 0 Å². The molecule has 0 amide bonds. The fourth-order valence-corrected chi connectivity index (χ4v) is 5.70. The minimum atomic E-state index is -0.757. The summed E-state index contributed by atoms with van der Waals surface area (Å²) in [5.41, 5.74) is -0.604. The van der Waals surface area contributed by atoms with Crippen LogP contribution in [-0.4, -0.2) is 28.6 Å². The number of aliphatic hydroxyl groups excluding tert-OH is 1. The molecule has 0 aromatic carbocycles. The minimum absolute atomic E-state index is 0.100. The Kier molecular flexibility index (Phi) is 2.63. The highest BCUT2D eigenvalue weighted by Gasteiger charge is 2.70. The number of hydrogen-bond acceptors (Lipinski definition) is 3. The van der Waals surface area contributed by atoms with Crippen LogP contribution in [0.4, 0.5) is 0 Å². The molecule has 2 N–H and O–H groups in total. The first-order valence-corrected chi connectivity index (χ1v) is 7.23. The molecule has 3 rings (SSSR count). The number of Topliss-reactive ketones (excluding diaryl/α,β-unsaturated/α-hetero) is 1. The summed E-state index contributed by atoms with van der Waals surface area (Å²) in [6.45, 7) is 4.08. The number of rotatable bonds is 2. The van der Waals surface area contributed by atoms with Gasteiger partial charge < -0.3 is 10.2 Å². The van der Waals surface area contributed by atoms with Crippen LogP contribution in [0.5, 0.6) is 0 Å². The lowest BCUT2D eigenvalue weighted by Gasteiger charge is -2.43. The topological polar surface area (TPSA) is 74.6 Å². The highest BCUT2D eigenvalue weighted by atomic mass is 16.4. The van der Waals surface area contributed by atoms with Crippen molar-refractivity contribution in [3.8, 4) is 0 Å². The molecule has 6 atom stereocenters.